The molecular weight excluding hydrogens is 279 g/mol. The molecule has 1 amide bonds. The van der Waals surface area contributed by atoms with Crippen molar-refractivity contribution >= 4 is 24.4 Å². The normalized spacial score (nSPS) is 15.8. The summed E-state index contributed by atoms with van der Waals surface area (Å²) in [6.07, 6.45) is 5.29. The number of nitrogens with one attached hydrogen (secondary N) is 2. The molecule has 0 aliphatic carbocycles. The van der Waals surface area contributed by atoms with Crippen LogP contribution >= 0.6 is 12.4 Å². The fraction of sp³-hybridized carbons (Fsp3) is 0.400. The van der Waals surface area contributed by atoms with Crippen molar-refractivity contribution in [3.63, 3.8) is 0 Å². The van der Waals surface area contributed by atoms with Crippen molar-refractivity contribution in [2.45, 2.75) is 12.8 Å². The molecule has 0 aromatic heterocycles. The first kappa shape index (κ1) is 16.7. The van der Waals surface area contributed by atoms with Crippen LogP contribution in [0.5, 0.6) is 0 Å². The van der Waals surface area contributed by atoms with Crippen LogP contribution in [0.2, 0.25) is 0 Å². The van der Waals surface area contributed by atoms with E-state index in [1.807, 2.05) is 0 Å². The molecule has 0 radical (unpaired) electrons. The Kier molecular flexibility index (Phi) is 7.26. The largest absolute Gasteiger partial charge is 0.352 e. The van der Waals surface area contributed by atoms with Crippen molar-refractivity contribution in [3.05, 3.63) is 41.7 Å². The molecule has 3 nitrogen and oxygen atoms in total. The lowest BCUT2D eigenvalue weighted by molar-refractivity contribution is -0.116. The third kappa shape index (κ3) is 5.72. The minimum Gasteiger partial charge on any atom is -0.352 e. The number of benzene rings is 1. The number of rotatable bonds is 4. The Bertz CT molecular complexity index is 459. The van der Waals surface area contributed by atoms with Gasteiger partial charge in [-0.25, -0.2) is 4.39 Å². The highest BCUT2D eigenvalue weighted by atomic mass is 35.5. The quantitative estimate of drug-likeness (QED) is 0.838. The molecule has 0 unspecified atom stereocenters. The Balaban J connectivity index is 0.00000200. The summed E-state index contributed by atoms with van der Waals surface area (Å²) in [7, 11) is 0. The molecule has 0 bridgehead atoms. The van der Waals surface area contributed by atoms with E-state index in [0.717, 1.165) is 25.9 Å². The van der Waals surface area contributed by atoms with Crippen LogP contribution in [0.4, 0.5) is 4.39 Å². The molecule has 1 aliphatic heterocycles. The summed E-state index contributed by atoms with van der Waals surface area (Å²) >= 11 is 0. The molecule has 20 heavy (non-hydrogen) atoms. The molecule has 5 heteroatoms. The van der Waals surface area contributed by atoms with E-state index in [9.17, 15) is 9.18 Å². The molecule has 1 heterocycles. The number of carbonyl (C=O) groups excluding carboxylic acids is 1. The fourth-order valence-electron chi connectivity index (χ4n) is 2.17. The van der Waals surface area contributed by atoms with Crippen molar-refractivity contribution < 1.29 is 9.18 Å². The van der Waals surface area contributed by atoms with Crippen LogP contribution in [-0.2, 0) is 4.79 Å². The second-order valence-electron chi connectivity index (χ2n) is 4.83. The zero-order valence-corrected chi connectivity index (χ0v) is 12.1. The smallest absolute Gasteiger partial charge is 0.244 e. The van der Waals surface area contributed by atoms with Crippen molar-refractivity contribution in [2.75, 3.05) is 19.6 Å². The summed E-state index contributed by atoms with van der Waals surface area (Å²) in [5, 5.41) is 6.18. The molecular formula is C15H20ClFN2O. The standard InChI is InChI=1S/C15H19FN2O.ClH/c16-14-3-1-2-12(10-14)4-5-15(19)18-11-13-6-8-17-9-7-13;/h1-5,10,13,17H,6-9,11H2,(H,18,19);1H. The average Bonchev–Trinajstić information content (AvgIpc) is 2.44. The molecule has 2 rings (SSSR count). The van der Waals surface area contributed by atoms with E-state index in [4.69, 9.17) is 0 Å². The van der Waals surface area contributed by atoms with Gasteiger partial charge in [0.1, 0.15) is 5.82 Å². The van der Waals surface area contributed by atoms with Crippen molar-refractivity contribution in [1.82, 2.24) is 10.6 Å². The Morgan fingerprint density at radius 3 is 2.85 bits per heavy atom. The topological polar surface area (TPSA) is 41.1 Å². The fourth-order valence-corrected chi connectivity index (χ4v) is 2.17. The van der Waals surface area contributed by atoms with Gasteiger partial charge in [-0.3, -0.25) is 4.79 Å². The predicted octanol–water partition coefficient (Wildman–Crippen LogP) is 2.38. The molecule has 1 fully saturated rings. The van der Waals surface area contributed by atoms with E-state index in [0.29, 0.717) is 18.0 Å². The Labute approximate surface area is 125 Å². The van der Waals surface area contributed by atoms with Gasteiger partial charge in [-0.05, 0) is 55.6 Å². The van der Waals surface area contributed by atoms with E-state index < -0.39 is 0 Å². The van der Waals surface area contributed by atoms with Crippen LogP contribution in [0, 0.1) is 11.7 Å². The molecule has 2 N–H and O–H groups in total. The van der Waals surface area contributed by atoms with Crippen molar-refractivity contribution in [1.29, 1.82) is 0 Å². The summed E-state index contributed by atoms with van der Waals surface area (Å²) in [4.78, 5) is 11.6. The highest BCUT2D eigenvalue weighted by molar-refractivity contribution is 5.91. The summed E-state index contributed by atoms with van der Waals surface area (Å²) in [5.74, 6) is 0.146. The lowest BCUT2D eigenvalue weighted by Gasteiger charge is -2.22. The summed E-state index contributed by atoms with van der Waals surface area (Å²) in [5.41, 5.74) is 0.692. The molecule has 0 saturated carbocycles. The van der Waals surface area contributed by atoms with Crippen LogP contribution in [0.1, 0.15) is 18.4 Å². The van der Waals surface area contributed by atoms with Gasteiger partial charge in [0, 0.05) is 12.6 Å². The van der Waals surface area contributed by atoms with E-state index in [1.54, 1.807) is 18.2 Å². The van der Waals surface area contributed by atoms with E-state index in [2.05, 4.69) is 10.6 Å². The Hall–Kier alpha value is -1.39. The third-order valence-electron chi connectivity index (χ3n) is 3.30. The SMILES string of the molecule is Cl.O=C(C=Cc1cccc(F)c1)NCC1CCNCC1. The first-order valence-corrected chi connectivity index (χ1v) is 6.66. The van der Waals surface area contributed by atoms with Gasteiger partial charge in [0.15, 0.2) is 0 Å². The highest BCUT2D eigenvalue weighted by Gasteiger charge is 2.12. The molecule has 0 atom stereocenters. The molecule has 1 aromatic rings. The number of hydrogen-bond donors (Lipinski definition) is 2. The minimum absolute atomic E-state index is 0. The number of piperidine rings is 1. The zero-order chi connectivity index (χ0) is 13.5. The third-order valence-corrected chi connectivity index (χ3v) is 3.30. The lowest BCUT2D eigenvalue weighted by atomic mass is 9.98. The van der Waals surface area contributed by atoms with Gasteiger partial charge in [-0.1, -0.05) is 12.1 Å². The monoisotopic (exact) mass is 298 g/mol. The van der Waals surface area contributed by atoms with Crippen LogP contribution in [0.3, 0.4) is 0 Å². The maximum Gasteiger partial charge on any atom is 0.244 e. The second kappa shape index (κ2) is 8.72. The van der Waals surface area contributed by atoms with Gasteiger partial charge in [0.2, 0.25) is 5.91 Å². The van der Waals surface area contributed by atoms with Crippen molar-refractivity contribution in [2.24, 2.45) is 5.92 Å². The van der Waals surface area contributed by atoms with Gasteiger partial charge in [-0.15, -0.1) is 12.4 Å². The molecule has 1 saturated heterocycles. The molecule has 1 aliphatic rings. The number of carbonyl (C=O) groups is 1. The number of amides is 1. The maximum atomic E-state index is 12.9. The lowest BCUT2D eigenvalue weighted by Crippen LogP contribution is -2.35. The van der Waals surface area contributed by atoms with Crippen LogP contribution < -0.4 is 10.6 Å². The first-order valence-electron chi connectivity index (χ1n) is 6.66. The van der Waals surface area contributed by atoms with E-state index >= 15 is 0 Å². The maximum absolute atomic E-state index is 12.9. The number of halogens is 2. The van der Waals surface area contributed by atoms with Gasteiger partial charge >= 0.3 is 0 Å². The van der Waals surface area contributed by atoms with Gasteiger partial charge < -0.3 is 10.6 Å². The highest BCUT2D eigenvalue weighted by Crippen LogP contribution is 2.10. The molecule has 110 valence electrons. The van der Waals surface area contributed by atoms with Gasteiger partial charge in [0.05, 0.1) is 0 Å². The zero-order valence-electron chi connectivity index (χ0n) is 11.3. The van der Waals surface area contributed by atoms with Crippen molar-refractivity contribution in [3.8, 4) is 0 Å². The summed E-state index contributed by atoms with van der Waals surface area (Å²) in [6, 6.07) is 6.17. The van der Waals surface area contributed by atoms with E-state index in [1.165, 1.54) is 18.2 Å². The van der Waals surface area contributed by atoms with Gasteiger partial charge in [0.25, 0.3) is 0 Å². The molecule has 1 aromatic carbocycles. The van der Waals surface area contributed by atoms with Crippen LogP contribution in [0.25, 0.3) is 6.08 Å². The predicted molar refractivity (Wildman–Crippen MR) is 81.3 cm³/mol. The Morgan fingerprint density at radius 1 is 1.40 bits per heavy atom. The summed E-state index contributed by atoms with van der Waals surface area (Å²) < 4.78 is 12.9. The molecule has 0 spiro atoms. The van der Waals surface area contributed by atoms with Gasteiger partial charge in [-0.2, -0.15) is 0 Å². The van der Waals surface area contributed by atoms with Crippen LogP contribution in [0.15, 0.2) is 30.3 Å². The number of hydrogen-bond acceptors (Lipinski definition) is 2. The van der Waals surface area contributed by atoms with E-state index in [-0.39, 0.29) is 24.1 Å². The first-order chi connectivity index (χ1) is 9.24. The summed E-state index contributed by atoms with van der Waals surface area (Å²) in [6.45, 7) is 2.77. The average molecular weight is 299 g/mol. The Morgan fingerprint density at radius 2 is 2.15 bits per heavy atom. The second-order valence-corrected chi connectivity index (χ2v) is 4.83. The van der Waals surface area contributed by atoms with Crippen LogP contribution in [-0.4, -0.2) is 25.5 Å². The minimum atomic E-state index is -0.294.